The molecular weight excluding hydrogens is 305 g/mol. The van der Waals surface area contributed by atoms with Crippen LogP contribution in [-0.4, -0.2) is 9.97 Å². The Morgan fingerprint density at radius 3 is 2.24 bits per heavy atom. The fraction of sp³-hybridized carbons (Fsp3) is 0. The van der Waals surface area contributed by atoms with Crippen LogP contribution in [-0.2, 0) is 0 Å². The first kappa shape index (κ1) is 13.9. The van der Waals surface area contributed by atoms with E-state index < -0.39 is 0 Å². The molecule has 1 aromatic heterocycles. The van der Waals surface area contributed by atoms with Gasteiger partial charge in [-0.25, -0.2) is 9.97 Å². The van der Waals surface area contributed by atoms with Crippen LogP contribution in [0.4, 0.5) is 5.82 Å². The predicted octanol–water partition coefficient (Wildman–Crippen LogP) is 4.70. The number of hydrogen-bond donors (Lipinski definition) is 1. The number of nitrogens with two attached hydrogens (primary N) is 1. The van der Waals surface area contributed by atoms with Gasteiger partial charge in [0.05, 0.1) is 15.7 Å². The summed E-state index contributed by atoms with van der Waals surface area (Å²) < 4.78 is 0. The van der Waals surface area contributed by atoms with Gasteiger partial charge in [0.25, 0.3) is 0 Å². The summed E-state index contributed by atoms with van der Waals surface area (Å²) in [6.45, 7) is 0. The Kier molecular flexibility index (Phi) is 3.78. The SMILES string of the molecule is Nc1cc(-c2ccc(Cl)c(Cl)c2)nc(-c2ccccc2)n1. The topological polar surface area (TPSA) is 51.8 Å². The molecule has 21 heavy (non-hydrogen) atoms. The maximum atomic E-state index is 6.05. The van der Waals surface area contributed by atoms with E-state index in [-0.39, 0.29) is 0 Å². The average molecular weight is 316 g/mol. The van der Waals surface area contributed by atoms with Gasteiger partial charge in [-0.1, -0.05) is 59.6 Å². The van der Waals surface area contributed by atoms with Gasteiger partial charge >= 0.3 is 0 Å². The number of benzene rings is 2. The zero-order valence-electron chi connectivity index (χ0n) is 10.9. The van der Waals surface area contributed by atoms with E-state index in [1.54, 1.807) is 18.2 Å². The summed E-state index contributed by atoms with van der Waals surface area (Å²) in [5, 5.41) is 0.985. The molecule has 0 unspecified atom stereocenters. The molecule has 0 saturated carbocycles. The molecule has 0 saturated heterocycles. The van der Waals surface area contributed by atoms with Crippen LogP contribution in [0.15, 0.2) is 54.6 Å². The van der Waals surface area contributed by atoms with Crippen LogP contribution in [0.5, 0.6) is 0 Å². The van der Waals surface area contributed by atoms with Crippen molar-refractivity contribution in [3.05, 3.63) is 64.6 Å². The van der Waals surface area contributed by atoms with Crippen molar-refractivity contribution >= 4 is 29.0 Å². The van der Waals surface area contributed by atoms with Gasteiger partial charge in [-0.05, 0) is 12.1 Å². The highest BCUT2D eigenvalue weighted by molar-refractivity contribution is 6.42. The van der Waals surface area contributed by atoms with E-state index in [4.69, 9.17) is 28.9 Å². The van der Waals surface area contributed by atoms with E-state index in [2.05, 4.69) is 9.97 Å². The Bertz CT molecular complexity index is 789. The van der Waals surface area contributed by atoms with E-state index in [1.807, 2.05) is 36.4 Å². The van der Waals surface area contributed by atoms with E-state index in [0.717, 1.165) is 11.1 Å². The third-order valence-electron chi connectivity index (χ3n) is 2.99. The third-order valence-corrected chi connectivity index (χ3v) is 3.73. The van der Waals surface area contributed by atoms with Crippen molar-refractivity contribution in [2.75, 3.05) is 5.73 Å². The average Bonchev–Trinajstić information content (AvgIpc) is 2.50. The minimum Gasteiger partial charge on any atom is -0.384 e. The maximum Gasteiger partial charge on any atom is 0.162 e. The molecule has 0 aliphatic carbocycles. The van der Waals surface area contributed by atoms with Gasteiger partial charge in [0.1, 0.15) is 5.82 Å². The van der Waals surface area contributed by atoms with Gasteiger partial charge in [0.15, 0.2) is 5.82 Å². The number of nitrogen functional groups attached to an aromatic ring is 1. The van der Waals surface area contributed by atoms with E-state index in [1.165, 1.54) is 0 Å². The number of hydrogen-bond acceptors (Lipinski definition) is 3. The van der Waals surface area contributed by atoms with Gasteiger partial charge < -0.3 is 5.73 Å². The van der Waals surface area contributed by atoms with Crippen LogP contribution in [0.3, 0.4) is 0 Å². The van der Waals surface area contributed by atoms with Crippen LogP contribution in [0.2, 0.25) is 10.0 Å². The number of nitrogens with zero attached hydrogens (tertiary/aromatic N) is 2. The summed E-state index contributed by atoms with van der Waals surface area (Å²) in [5.74, 6) is 0.988. The van der Waals surface area contributed by atoms with Crippen molar-refractivity contribution in [1.29, 1.82) is 0 Å². The molecule has 0 aliphatic heterocycles. The summed E-state index contributed by atoms with van der Waals surface area (Å²) >= 11 is 12.0. The molecule has 0 fully saturated rings. The number of aromatic nitrogens is 2. The monoisotopic (exact) mass is 315 g/mol. The zero-order chi connectivity index (χ0) is 14.8. The molecule has 0 amide bonds. The molecule has 3 rings (SSSR count). The minimum absolute atomic E-state index is 0.407. The molecule has 0 aliphatic rings. The molecule has 2 aromatic carbocycles. The van der Waals surface area contributed by atoms with Crippen molar-refractivity contribution in [2.45, 2.75) is 0 Å². The standard InChI is InChI=1S/C16H11Cl2N3/c17-12-7-6-11(8-13(12)18)14-9-15(19)21-16(20-14)10-4-2-1-3-5-10/h1-9H,(H2,19,20,21). The molecule has 0 atom stereocenters. The summed E-state index contributed by atoms with van der Waals surface area (Å²) in [7, 11) is 0. The lowest BCUT2D eigenvalue weighted by molar-refractivity contribution is 1.19. The lowest BCUT2D eigenvalue weighted by Crippen LogP contribution is -1.98. The molecule has 3 nitrogen and oxygen atoms in total. The molecule has 2 N–H and O–H groups in total. The molecule has 3 aromatic rings. The minimum atomic E-state index is 0.407. The number of rotatable bonds is 2. The largest absolute Gasteiger partial charge is 0.384 e. The first-order chi connectivity index (χ1) is 10.1. The Labute approximate surface area is 132 Å². The van der Waals surface area contributed by atoms with E-state index in [0.29, 0.717) is 27.4 Å². The fourth-order valence-electron chi connectivity index (χ4n) is 1.99. The van der Waals surface area contributed by atoms with Crippen molar-refractivity contribution in [3.8, 4) is 22.6 Å². The summed E-state index contributed by atoms with van der Waals surface area (Å²) in [6, 6.07) is 16.7. The Morgan fingerprint density at radius 2 is 1.52 bits per heavy atom. The van der Waals surface area contributed by atoms with E-state index in [9.17, 15) is 0 Å². The summed E-state index contributed by atoms with van der Waals surface area (Å²) in [6.07, 6.45) is 0. The maximum absolute atomic E-state index is 6.05. The normalized spacial score (nSPS) is 10.6. The van der Waals surface area contributed by atoms with Crippen LogP contribution in [0.1, 0.15) is 0 Å². The summed E-state index contributed by atoms with van der Waals surface area (Å²) in [4.78, 5) is 8.83. The fourth-order valence-corrected chi connectivity index (χ4v) is 2.28. The molecular formula is C16H11Cl2N3. The molecule has 0 bridgehead atoms. The van der Waals surface area contributed by atoms with Crippen LogP contribution in [0.25, 0.3) is 22.6 Å². The van der Waals surface area contributed by atoms with Crippen molar-refractivity contribution in [3.63, 3.8) is 0 Å². The van der Waals surface area contributed by atoms with Gasteiger partial charge in [0, 0.05) is 17.2 Å². The Balaban J connectivity index is 2.11. The highest BCUT2D eigenvalue weighted by Gasteiger charge is 2.08. The van der Waals surface area contributed by atoms with Crippen LogP contribution >= 0.6 is 23.2 Å². The first-order valence-corrected chi connectivity index (χ1v) is 7.04. The van der Waals surface area contributed by atoms with Gasteiger partial charge in [-0.15, -0.1) is 0 Å². The zero-order valence-corrected chi connectivity index (χ0v) is 12.4. The summed E-state index contributed by atoms with van der Waals surface area (Å²) in [5.41, 5.74) is 8.35. The number of anilines is 1. The molecule has 0 radical (unpaired) electrons. The van der Waals surface area contributed by atoms with Gasteiger partial charge in [-0.2, -0.15) is 0 Å². The smallest absolute Gasteiger partial charge is 0.162 e. The lowest BCUT2D eigenvalue weighted by atomic mass is 10.1. The lowest BCUT2D eigenvalue weighted by Gasteiger charge is -2.07. The Morgan fingerprint density at radius 1 is 0.762 bits per heavy atom. The Hall–Kier alpha value is -2.10. The van der Waals surface area contributed by atoms with Crippen LogP contribution < -0.4 is 5.73 Å². The highest BCUT2D eigenvalue weighted by Crippen LogP contribution is 2.29. The molecule has 0 spiro atoms. The second kappa shape index (κ2) is 5.72. The third kappa shape index (κ3) is 2.99. The van der Waals surface area contributed by atoms with Gasteiger partial charge in [-0.3, -0.25) is 0 Å². The van der Waals surface area contributed by atoms with Crippen LogP contribution in [0, 0.1) is 0 Å². The quantitative estimate of drug-likeness (QED) is 0.745. The van der Waals surface area contributed by atoms with Crippen molar-refractivity contribution in [2.24, 2.45) is 0 Å². The van der Waals surface area contributed by atoms with Gasteiger partial charge in [0.2, 0.25) is 0 Å². The second-order valence-corrected chi connectivity index (χ2v) is 5.31. The number of halogens is 2. The highest BCUT2D eigenvalue weighted by atomic mass is 35.5. The van der Waals surface area contributed by atoms with E-state index >= 15 is 0 Å². The molecule has 1 heterocycles. The molecule has 104 valence electrons. The second-order valence-electron chi connectivity index (χ2n) is 4.50. The van der Waals surface area contributed by atoms with Crippen molar-refractivity contribution < 1.29 is 0 Å². The first-order valence-electron chi connectivity index (χ1n) is 6.29. The predicted molar refractivity (Wildman–Crippen MR) is 87.3 cm³/mol. The molecule has 5 heteroatoms. The van der Waals surface area contributed by atoms with Crippen molar-refractivity contribution in [1.82, 2.24) is 9.97 Å².